The van der Waals surface area contributed by atoms with Gasteiger partial charge in [0.15, 0.2) is 0 Å². The van der Waals surface area contributed by atoms with Gasteiger partial charge in [-0.05, 0) is 18.8 Å². The van der Waals surface area contributed by atoms with Crippen molar-refractivity contribution in [2.45, 2.75) is 32.7 Å². The monoisotopic (exact) mass is 285 g/mol. The maximum absolute atomic E-state index is 12.1. The molecule has 0 aromatic heterocycles. The Morgan fingerprint density at radius 2 is 1.85 bits per heavy atom. The van der Waals surface area contributed by atoms with Crippen molar-refractivity contribution in [1.29, 1.82) is 0 Å². The molecule has 0 spiro atoms. The van der Waals surface area contributed by atoms with E-state index in [2.05, 4.69) is 5.32 Å². The number of rotatable bonds is 5. The summed E-state index contributed by atoms with van der Waals surface area (Å²) in [5.41, 5.74) is 5.83. The molecule has 1 aliphatic rings. The Bertz CT molecular complexity index is 376. The van der Waals surface area contributed by atoms with Gasteiger partial charge in [0.05, 0.1) is 6.04 Å². The van der Waals surface area contributed by atoms with Crippen LogP contribution in [0.5, 0.6) is 0 Å². The van der Waals surface area contributed by atoms with E-state index in [0.717, 1.165) is 0 Å². The number of hydrogen-bond donors (Lipinski definition) is 3. The minimum absolute atomic E-state index is 0.0793. The molecule has 1 rings (SSSR count). The summed E-state index contributed by atoms with van der Waals surface area (Å²) in [6.45, 7) is 4.41. The summed E-state index contributed by atoms with van der Waals surface area (Å²) in [6.07, 6.45) is 1.09. The molecule has 114 valence electrons. The minimum atomic E-state index is -1.06. The molecule has 1 fully saturated rings. The molecule has 1 heterocycles. The lowest BCUT2D eigenvalue weighted by Crippen LogP contribution is -2.50. The maximum atomic E-state index is 12.1. The number of aliphatic carboxylic acids is 1. The van der Waals surface area contributed by atoms with E-state index in [1.165, 1.54) is 0 Å². The first-order chi connectivity index (χ1) is 9.32. The third-order valence-corrected chi connectivity index (χ3v) is 3.59. The number of carboxylic acids is 1. The van der Waals surface area contributed by atoms with E-state index < -0.39 is 12.0 Å². The summed E-state index contributed by atoms with van der Waals surface area (Å²) in [7, 11) is 0. The molecule has 0 radical (unpaired) electrons. The Morgan fingerprint density at radius 3 is 2.30 bits per heavy atom. The molecule has 20 heavy (non-hydrogen) atoms. The average molecular weight is 285 g/mol. The highest BCUT2D eigenvalue weighted by Gasteiger charge is 2.30. The first-order valence-electron chi connectivity index (χ1n) is 6.86. The van der Waals surface area contributed by atoms with Gasteiger partial charge in [-0.2, -0.15) is 0 Å². The quantitative estimate of drug-likeness (QED) is 0.625. The summed E-state index contributed by atoms with van der Waals surface area (Å²) in [5.74, 6) is -1.54. The van der Waals surface area contributed by atoms with Crippen LogP contribution in [0.1, 0.15) is 26.7 Å². The van der Waals surface area contributed by atoms with Crippen molar-refractivity contribution in [3.8, 4) is 0 Å². The first-order valence-corrected chi connectivity index (χ1v) is 6.86. The molecule has 0 saturated carbocycles. The summed E-state index contributed by atoms with van der Waals surface area (Å²) in [5, 5.41) is 10.9. The minimum Gasteiger partial charge on any atom is -0.480 e. The number of carbonyl (C=O) groups is 3. The lowest BCUT2D eigenvalue weighted by atomic mass is 9.94. The van der Waals surface area contributed by atoms with E-state index in [1.54, 1.807) is 4.90 Å². The molecule has 0 bridgehead atoms. The fraction of sp³-hybridized carbons (Fsp3) is 0.769. The smallest absolute Gasteiger partial charge is 0.322 e. The van der Waals surface area contributed by atoms with Gasteiger partial charge in [0.2, 0.25) is 11.8 Å². The lowest BCUT2D eigenvalue weighted by molar-refractivity contribution is -0.139. The van der Waals surface area contributed by atoms with Crippen LogP contribution in [0.3, 0.4) is 0 Å². The number of piperidine rings is 1. The van der Waals surface area contributed by atoms with Crippen LogP contribution in [-0.2, 0) is 14.4 Å². The second-order valence-electron chi connectivity index (χ2n) is 5.48. The second-order valence-corrected chi connectivity index (χ2v) is 5.48. The van der Waals surface area contributed by atoms with Gasteiger partial charge in [-0.1, -0.05) is 13.8 Å². The van der Waals surface area contributed by atoms with Crippen molar-refractivity contribution in [1.82, 2.24) is 10.2 Å². The summed E-state index contributed by atoms with van der Waals surface area (Å²) < 4.78 is 0. The predicted octanol–water partition coefficient (Wildman–Crippen LogP) is -0.591. The van der Waals surface area contributed by atoms with E-state index >= 15 is 0 Å². The van der Waals surface area contributed by atoms with Crippen LogP contribution in [0, 0.1) is 11.8 Å². The highest BCUT2D eigenvalue weighted by molar-refractivity contribution is 5.84. The molecular formula is C13H23N3O4. The fourth-order valence-corrected chi connectivity index (χ4v) is 2.17. The number of nitrogens with one attached hydrogen (secondary N) is 1. The highest BCUT2D eigenvalue weighted by Crippen LogP contribution is 2.18. The zero-order valence-electron chi connectivity index (χ0n) is 12.0. The largest absolute Gasteiger partial charge is 0.480 e. The molecule has 1 aliphatic heterocycles. The molecule has 7 nitrogen and oxygen atoms in total. The van der Waals surface area contributed by atoms with Crippen LogP contribution in [-0.4, -0.2) is 53.5 Å². The zero-order valence-corrected chi connectivity index (χ0v) is 12.0. The van der Waals surface area contributed by atoms with Gasteiger partial charge >= 0.3 is 5.97 Å². The van der Waals surface area contributed by atoms with E-state index in [9.17, 15) is 14.4 Å². The van der Waals surface area contributed by atoms with Gasteiger partial charge in [-0.25, -0.2) is 0 Å². The van der Waals surface area contributed by atoms with Crippen molar-refractivity contribution in [2.24, 2.45) is 17.6 Å². The first kappa shape index (κ1) is 16.4. The fourth-order valence-electron chi connectivity index (χ4n) is 2.17. The molecule has 1 atom stereocenters. The summed E-state index contributed by atoms with van der Waals surface area (Å²) in [4.78, 5) is 35.8. The van der Waals surface area contributed by atoms with Gasteiger partial charge in [0, 0.05) is 19.0 Å². The average Bonchev–Trinajstić information content (AvgIpc) is 2.43. The van der Waals surface area contributed by atoms with Crippen molar-refractivity contribution in [2.75, 3.05) is 19.6 Å². The van der Waals surface area contributed by atoms with Crippen LogP contribution in [0.2, 0.25) is 0 Å². The van der Waals surface area contributed by atoms with Crippen molar-refractivity contribution in [3.63, 3.8) is 0 Å². The lowest BCUT2D eigenvalue weighted by Gasteiger charge is -2.33. The second kappa shape index (κ2) is 7.23. The SMILES string of the molecule is CC(C)C(N)C(=O)N1CCC(C(=O)NCC(=O)O)CC1. The van der Waals surface area contributed by atoms with Crippen LogP contribution >= 0.6 is 0 Å². The van der Waals surface area contributed by atoms with Gasteiger partial charge in [0.1, 0.15) is 6.54 Å². The number of carboxylic acid groups (broad SMARTS) is 1. The number of nitrogens with zero attached hydrogens (tertiary/aromatic N) is 1. The zero-order chi connectivity index (χ0) is 15.3. The predicted molar refractivity (Wildman–Crippen MR) is 72.8 cm³/mol. The number of carbonyl (C=O) groups excluding carboxylic acids is 2. The molecule has 0 aliphatic carbocycles. The van der Waals surface area contributed by atoms with E-state index in [0.29, 0.717) is 25.9 Å². The summed E-state index contributed by atoms with van der Waals surface area (Å²) >= 11 is 0. The molecule has 7 heteroatoms. The highest BCUT2D eigenvalue weighted by atomic mass is 16.4. The van der Waals surface area contributed by atoms with Gasteiger partial charge in [0.25, 0.3) is 0 Å². The van der Waals surface area contributed by atoms with E-state index in [4.69, 9.17) is 10.8 Å². The van der Waals surface area contributed by atoms with Gasteiger partial charge in [-0.3, -0.25) is 14.4 Å². The van der Waals surface area contributed by atoms with Crippen LogP contribution in [0.25, 0.3) is 0 Å². The Hall–Kier alpha value is -1.63. The number of hydrogen-bond acceptors (Lipinski definition) is 4. The van der Waals surface area contributed by atoms with Crippen molar-refractivity contribution >= 4 is 17.8 Å². The summed E-state index contributed by atoms with van der Waals surface area (Å²) in [6, 6.07) is -0.507. The van der Waals surface area contributed by atoms with E-state index in [-0.39, 0.29) is 30.2 Å². The van der Waals surface area contributed by atoms with E-state index in [1.807, 2.05) is 13.8 Å². The molecular weight excluding hydrogens is 262 g/mol. The topological polar surface area (TPSA) is 113 Å². The third kappa shape index (κ3) is 4.48. The standard InChI is InChI=1S/C13H23N3O4/c1-8(2)11(14)13(20)16-5-3-9(4-6-16)12(19)15-7-10(17)18/h8-9,11H,3-7,14H2,1-2H3,(H,15,19)(H,17,18). The van der Waals surface area contributed by atoms with Gasteiger partial charge < -0.3 is 21.1 Å². The molecule has 1 saturated heterocycles. The Labute approximate surface area is 118 Å². The third-order valence-electron chi connectivity index (χ3n) is 3.59. The number of likely N-dealkylation sites (tertiary alicyclic amines) is 1. The van der Waals surface area contributed by atoms with Crippen molar-refractivity contribution < 1.29 is 19.5 Å². The van der Waals surface area contributed by atoms with Crippen LogP contribution < -0.4 is 11.1 Å². The molecule has 0 aromatic rings. The molecule has 1 unspecified atom stereocenters. The Kier molecular flexibility index (Phi) is 5.94. The Morgan fingerprint density at radius 1 is 1.30 bits per heavy atom. The van der Waals surface area contributed by atoms with Crippen LogP contribution in [0.4, 0.5) is 0 Å². The normalized spacial score (nSPS) is 17.9. The Balaban J connectivity index is 2.41. The maximum Gasteiger partial charge on any atom is 0.322 e. The van der Waals surface area contributed by atoms with Gasteiger partial charge in [-0.15, -0.1) is 0 Å². The molecule has 0 aromatic carbocycles. The number of amides is 2. The molecule has 2 amide bonds. The molecule has 4 N–H and O–H groups in total. The van der Waals surface area contributed by atoms with Crippen LogP contribution in [0.15, 0.2) is 0 Å². The number of nitrogens with two attached hydrogens (primary N) is 1. The van der Waals surface area contributed by atoms with Crippen molar-refractivity contribution in [3.05, 3.63) is 0 Å².